The largest absolute Gasteiger partial charge is 0.366 e. The third kappa shape index (κ3) is 6.82. The number of hydrogen-bond donors (Lipinski definition) is 1. The van der Waals surface area contributed by atoms with E-state index in [-0.39, 0.29) is 16.4 Å². The zero-order valence-corrected chi connectivity index (χ0v) is 21.9. The zero-order valence-electron chi connectivity index (χ0n) is 20.3. The summed E-state index contributed by atoms with van der Waals surface area (Å²) < 4.78 is 73.4. The summed E-state index contributed by atoms with van der Waals surface area (Å²) in [5.74, 6) is 0. The molecule has 0 bridgehead atoms. The minimum absolute atomic E-state index is 0.0333. The van der Waals surface area contributed by atoms with E-state index in [9.17, 15) is 21.9 Å². The first-order chi connectivity index (χ1) is 17.5. The fourth-order valence-electron chi connectivity index (χ4n) is 3.74. The van der Waals surface area contributed by atoms with E-state index in [4.69, 9.17) is 17.8 Å². The number of aryl methyl sites for hydroxylation is 2. The van der Waals surface area contributed by atoms with E-state index < -0.39 is 51.4 Å². The molecule has 0 aromatic heterocycles. The fourth-order valence-corrected chi connectivity index (χ4v) is 5.76. The average Bonchev–Trinajstić information content (AvgIpc) is 3.16. The first kappa shape index (κ1) is 27.4. The molecule has 4 rings (SSSR count). The van der Waals surface area contributed by atoms with E-state index in [2.05, 4.69) is 0 Å². The van der Waals surface area contributed by atoms with Crippen LogP contribution in [-0.2, 0) is 44.7 Å². The molecule has 0 radical (unpaired) electrons. The maximum atomic E-state index is 13.1. The number of aliphatic hydroxyl groups excluding tert-OH is 1. The molecule has 0 saturated carbocycles. The second-order valence-electron chi connectivity index (χ2n) is 8.71. The Hall–Kier alpha value is -2.64. The van der Waals surface area contributed by atoms with Crippen LogP contribution >= 0.6 is 0 Å². The van der Waals surface area contributed by atoms with Crippen LogP contribution in [0.15, 0.2) is 88.7 Å². The summed E-state index contributed by atoms with van der Waals surface area (Å²) in [5.41, 5.74) is 2.50. The van der Waals surface area contributed by atoms with Crippen molar-refractivity contribution in [1.29, 1.82) is 0 Å². The third-order valence-electron chi connectivity index (χ3n) is 5.82. The summed E-state index contributed by atoms with van der Waals surface area (Å²) in [5, 5.41) is 10.6. The van der Waals surface area contributed by atoms with Crippen LogP contribution in [0.1, 0.15) is 16.7 Å². The van der Waals surface area contributed by atoms with Gasteiger partial charge in [-0.25, -0.2) is 0 Å². The van der Waals surface area contributed by atoms with Gasteiger partial charge in [0.05, 0.1) is 23.0 Å². The van der Waals surface area contributed by atoms with Gasteiger partial charge in [-0.3, -0.25) is 8.37 Å². The number of aliphatic hydroxyl groups is 1. The molecule has 9 nitrogen and oxygen atoms in total. The predicted octanol–water partition coefficient (Wildman–Crippen LogP) is 3.09. The topological polar surface area (TPSA) is 125 Å². The zero-order chi connectivity index (χ0) is 26.6. The van der Waals surface area contributed by atoms with Crippen molar-refractivity contribution in [3.63, 3.8) is 0 Å². The SMILES string of the molecule is Cc1ccc(S(=O)(=O)OC[C@@H]2O[C@@H](O)[C@@H](OCc3ccccc3)[C@H]2OS(=O)(=O)c2ccc(C)cc2)cc1. The Balaban J connectivity index is 1.56. The highest BCUT2D eigenvalue weighted by Gasteiger charge is 2.49. The Morgan fingerprint density at radius 2 is 1.30 bits per heavy atom. The van der Waals surface area contributed by atoms with E-state index in [1.54, 1.807) is 36.4 Å². The van der Waals surface area contributed by atoms with Gasteiger partial charge in [-0.15, -0.1) is 0 Å². The molecule has 0 amide bonds. The Morgan fingerprint density at radius 3 is 1.86 bits per heavy atom. The number of benzene rings is 3. The van der Waals surface area contributed by atoms with Crippen molar-refractivity contribution >= 4 is 20.2 Å². The van der Waals surface area contributed by atoms with Gasteiger partial charge in [0.1, 0.15) is 18.3 Å². The lowest BCUT2D eigenvalue weighted by molar-refractivity contribution is -0.148. The molecule has 198 valence electrons. The lowest BCUT2D eigenvalue weighted by atomic mass is 10.1. The first-order valence-corrected chi connectivity index (χ1v) is 14.3. The number of ether oxygens (including phenoxy) is 2. The van der Waals surface area contributed by atoms with Gasteiger partial charge in [0.2, 0.25) is 0 Å². The van der Waals surface area contributed by atoms with Crippen LogP contribution in [0.5, 0.6) is 0 Å². The Morgan fingerprint density at radius 1 is 0.757 bits per heavy atom. The van der Waals surface area contributed by atoms with E-state index >= 15 is 0 Å². The van der Waals surface area contributed by atoms with Crippen molar-refractivity contribution in [2.24, 2.45) is 0 Å². The van der Waals surface area contributed by atoms with Crippen molar-refractivity contribution < 1.29 is 39.8 Å². The van der Waals surface area contributed by atoms with Crippen LogP contribution in [0.3, 0.4) is 0 Å². The summed E-state index contributed by atoms with van der Waals surface area (Å²) in [4.78, 5) is -0.175. The molecule has 3 aromatic rings. The fraction of sp³-hybridized carbons (Fsp3) is 0.308. The number of hydrogen-bond acceptors (Lipinski definition) is 9. The molecular weight excluding hydrogens is 520 g/mol. The monoisotopic (exact) mass is 548 g/mol. The summed E-state index contributed by atoms with van der Waals surface area (Å²) in [7, 11) is -8.51. The third-order valence-corrected chi connectivity index (χ3v) is 8.44. The molecular formula is C26H28O9S2. The first-order valence-electron chi connectivity index (χ1n) is 11.5. The average molecular weight is 549 g/mol. The second-order valence-corrected chi connectivity index (χ2v) is 11.9. The molecule has 1 aliphatic heterocycles. The molecule has 4 atom stereocenters. The van der Waals surface area contributed by atoms with E-state index in [1.807, 2.05) is 32.0 Å². The minimum atomic E-state index is -4.32. The molecule has 1 N–H and O–H groups in total. The van der Waals surface area contributed by atoms with Crippen LogP contribution in [-0.4, -0.2) is 53.2 Å². The summed E-state index contributed by atoms with van der Waals surface area (Å²) in [6.07, 6.45) is -5.48. The molecule has 1 fully saturated rings. The quantitative estimate of drug-likeness (QED) is 0.381. The van der Waals surface area contributed by atoms with E-state index in [0.717, 1.165) is 16.7 Å². The van der Waals surface area contributed by atoms with Gasteiger partial charge in [-0.05, 0) is 43.7 Å². The van der Waals surface area contributed by atoms with E-state index in [0.29, 0.717) is 0 Å². The van der Waals surface area contributed by atoms with Gasteiger partial charge in [0.25, 0.3) is 20.2 Å². The van der Waals surface area contributed by atoms with Crippen molar-refractivity contribution in [2.75, 3.05) is 6.61 Å². The van der Waals surface area contributed by atoms with Crippen molar-refractivity contribution in [3.05, 3.63) is 95.6 Å². The van der Waals surface area contributed by atoms with Gasteiger partial charge in [0, 0.05) is 0 Å². The van der Waals surface area contributed by atoms with Crippen LogP contribution in [0.2, 0.25) is 0 Å². The second kappa shape index (κ2) is 11.4. The molecule has 3 aromatic carbocycles. The summed E-state index contributed by atoms with van der Waals surface area (Å²) >= 11 is 0. The summed E-state index contributed by atoms with van der Waals surface area (Å²) in [6.45, 7) is 3.06. The molecule has 37 heavy (non-hydrogen) atoms. The highest BCUT2D eigenvalue weighted by atomic mass is 32.2. The van der Waals surface area contributed by atoms with Crippen LogP contribution in [0, 0.1) is 13.8 Å². The van der Waals surface area contributed by atoms with Gasteiger partial charge in [-0.1, -0.05) is 65.7 Å². The molecule has 1 saturated heterocycles. The lowest BCUT2D eigenvalue weighted by Crippen LogP contribution is -2.40. The van der Waals surface area contributed by atoms with Crippen LogP contribution < -0.4 is 0 Å². The Bertz CT molecular complexity index is 1390. The van der Waals surface area contributed by atoms with Crippen molar-refractivity contribution in [1.82, 2.24) is 0 Å². The Labute approximate surface area is 216 Å². The highest BCUT2D eigenvalue weighted by Crippen LogP contribution is 2.30. The molecule has 1 aliphatic rings. The van der Waals surface area contributed by atoms with Crippen LogP contribution in [0.4, 0.5) is 0 Å². The molecule has 0 spiro atoms. The smallest absolute Gasteiger partial charge is 0.297 e. The molecule has 0 aliphatic carbocycles. The summed E-state index contributed by atoms with van der Waals surface area (Å²) in [6, 6.07) is 21.1. The van der Waals surface area contributed by atoms with Crippen molar-refractivity contribution in [2.45, 2.75) is 54.8 Å². The normalized spacial score (nSPS) is 22.2. The minimum Gasteiger partial charge on any atom is -0.366 e. The van der Waals surface area contributed by atoms with E-state index in [1.165, 1.54) is 24.3 Å². The molecule has 11 heteroatoms. The van der Waals surface area contributed by atoms with Crippen LogP contribution in [0.25, 0.3) is 0 Å². The number of rotatable bonds is 10. The standard InChI is InChI=1S/C26H28O9S2/c1-18-8-12-21(13-9-18)36(28,29)33-17-23-24(35-37(30,31)22-14-10-19(2)11-15-22)25(26(27)34-23)32-16-20-6-4-3-5-7-20/h3-15,23-27H,16-17H2,1-2H3/t23-,24-,25-,26+/m0/s1. The lowest BCUT2D eigenvalue weighted by Gasteiger charge is -2.23. The van der Waals surface area contributed by atoms with Gasteiger partial charge < -0.3 is 14.6 Å². The molecule has 0 unspecified atom stereocenters. The van der Waals surface area contributed by atoms with Crippen molar-refractivity contribution in [3.8, 4) is 0 Å². The van der Waals surface area contributed by atoms with Gasteiger partial charge in [0.15, 0.2) is 6.29 Å². The molecule has 1 heterocycles. The maximum absolute atomic E-state index is 13.1. The van der Waals surface area contributed by atoms with Gasteiger partial charge >= 0.3 is 0 Å². The maximum Gasteiger partial charge on any atom is 0.297 e. The van der Waals surface area contributed by atoms with Gasteiger partial charge in [-0.2, -0.15) is 16.8 Å². The predicted molar refractivity (Wildman–Crippen MR) is 133 cm³/mol. The highest BCUT2D eigenvalue weighted by molar-refractivity contribution is 7.87. The Kier molecular flexibility index (Phi) is 8.44.